The Morgan fingerprint density at radius 2 is 2.26 bits per heavy atom. The Bertz CT molecular complexity index is 548. The van der Waals surface area contributed by atoms with Gasteiger partial charge in [-0.25, -0.2) is 4.98 Å². The van der Waals surface area contributed by atoms with Crippen LogP contribution in [-0.2, 0) is 4.79 Å². The number of hydrogen-bond acceptors (Lipinski definition) is 4. The van der Waals surface area contributed by atoms with Gasteiger partial charge in [-0.1, -0.05) is 11.6 Å². The number of amides is 2. The fourth-order valence-electron chi connectivity index (χ4n) is 2.66. The average Bonchev–Trinajstić information content (AvgIpc) is 2.86. The maximum Gasteiger partial charge on any atom is 0.269 e. The Hall–Kier alpha value is -1.66. The van der Waals surface area contributed by atoms with Crippen molar-refractivity contribution in [3.63, 3.8) is 0 Å². The van der Waals surface area contributed by atoms with E-state index in [-0.39, 0.29) is 17.9 Å². The molecule has 0 saturated carbocycles. The van der Waals surface area contributed by atoms with Crippen LogP contribution < -0.4 is 5.32 Å². The fourth-order valence-corrected chi connectivity index (χ4v) is 2.77. The fraction of sp³-hybridized carbons (Fsp3) is 0.562. The zero-order chi connectivity index (χ0) is 16.8. The van der Waals surface area contributed by atoms with E-state index in [2.05, 4.69) is 15.2 Å². The third-order valence-electron chi connectivity index (χ3n) is 3.96. The Balaban J connectivity index is 1.79. The number of nitrogens with one attached hydrogen (secondary N) is 1. The van der Waals surface area contributed by atoms with Crippen LogP contribution in [0.4, 0.5) is 0 Å². The number of aromatic nitrogens is 1. The topological polar surface area (TPSA) is 65.5 Å². The molecular formula is C16H23ClN4O2. The summed E-state index contributed by atoms with van der Waals surface area (Å²) in [5.74, 6) is -0.00613. The molecule has 1 aromatic rings. The molecule has 1 fully saturated rings. The predicted octanol–water partition coefficient (Wildman–Crippen LogP) is 1.41. The first-order valence-electron chi connectivity index (χ1n) is 7.81. The summed E-state index contributed by atoms with van der Waals surface area (Å²) in [6.45, 7) is 2.12. The Labute approximate surface area is 141 Å². The predicted molar refractivity (Wildman–Crippen MR) is 89.5 cm³/mol. The van der Waals surface area contributed by atoms with Gasteiger partial charge in [-0.15, -0.1) is 0 Å². The summed E-state index contributed by atoms with van der Waals surface area (Å²) in [4.78, 5) is 31.9. The van der Waals surface area contributed by atoms with Crippen LogP contribution in [0.3, 0.4) is 0 Å². The van der Waals surface area contributed by atoms with Crippen molar-refractivity contribution >= 4 is 23.4 Å². The summed E-state index contributed by atoms with van der Waals surface area (Å²) < 4.78 is 0. The van der Waals surface area contributed by atoms with E-state index in [0.717, 1.165) is 25.9 Å². The molecule has 0 aliphatic carbocycles. The molecule has 2 rings (SSSR count). The first-order chi connectivity index (χ1) is 11.0. The lowest BCUT2D eigenvalue weighted by molar-refractivity contribution is -0.129. The van der Waals surface area contributed by atoms with Crippen molar-refractivity contribution in [2.24, 2.45) is 0 Å². The molecule has 1 saturated heterocycles. The van der Waals surface area contributed by atoms with E-state index in [9.17, 15) is 9.59 Å². The third-order valence-corrected chi connectivity index (χ3v) is 4.19. The van der Waals surface area contributed by atoms with Gasteiger partial charge in [0.15, 0.2) is 0 Å². The molecule has 23 heavy (non-hydrogen) atoms. The molecule has 1 aliphatic heterocycles. The molecule has 7 heteroatoms. The molecule has 0 bridgehead atoms. The van der Waals surface area contributed by atoms with Gasteiger partial charge in [0.25, 0.3) is 5.91 Å². The van der Waals surface area contributed by atoms with Gasteiger partial charge in [0.2, 0.25) is 5.91 Å². The van der Waals surface area contributed by atoms with Gasteiger partial charge in [-0.05, 0) is 39.1 Å². The summed E-state index contributed by atoms with van der Waals surface area (Å²) in [7, 11) is 3.99. The molecule has 6 nitrogen and oxygen atoms in total. The molecule has 126 valence electrons. The molecule has 1 aliphatic rings. The first-order valence-corrected chi connectivity index (χ1v) is 8.19. The summed E-state index contributed by atoms with van der Waals surface area (Å²) in [6.07, 6.45) is 3.68. The summed E-state index contributed by atoms with van der Waals surface area (Å²) in [5, 5.41) is 3.36. The average molecular weight is 339 g/mol. The molecule has 0 unspecified atom stereocenters. The lowest BCUT2D eigenvalue weighted by atomic mass is 10.1. The van der Waals surface area contributed by atoms with Crippen LogP contribution in [0.25, 0.3) is 0 Å². The molecule has 2 amide bonds. The molecule has 0 spiro atoms. The Morgan fingerprint density at radius 1 is 1.48 bits per heavy atom. The summed E-state index contributed by atoms with van der Waals surface area (Å²) in [6, 6.07) is 3.45. The number of likely N-dealkylation sites (N-methyl/N-ethyl adjacent to an activating group) is 1. The minimum absolute atomic E-state index is 0.209. The van der Waals surface area contributed by atoms with E-state index in [4.69, 9.17) is 11.6 Å². The molecular weight excluding hydrogens is 316 g/mol. The first kappa shape index (κ1) is 17.7. The van der Waals surface area contributed by atoms with E-state index in [0.29, 0.717) is 23.7 Å². The second-order valence-corrected chi connectivity index (χ2v) is 6.43. The maximum atomic E-state index is 12.0. The van der Waals surface area contributed by atoms with Crippen LogP contribution in [0.2, 0.25) is 5.02 Å². The van der Waals surface area contributed by atoms with Gasteiger partial charge in [0, 0.05) is 38.3 Å². The van der Waals surface area contributed by atoms with Crippen LogP contribution in [-0.4, -0.2) is 66.4 Å². The second-order valence-electron chi connectivity index (χ2n) is 5.99. The van der Waals surface area contributed by atoms with E-state index in [1.807, 2.05) is 19.0 Å². The van der Waals surface area contributed by atoms with Gasteiger partial charge in [-0.2, -0.15) is 0 Å². The quantitative estimate of drug-likeness (QED) is 0.816. The molecule has 0 radical (unpaired) electrons. The zero-order valence-electron chi connectivity index (χ0n) is 13.6. The van der Waals surface area contributed by atoms with Crippen LogP contribution in [0.15, 0.2) is 18.3 Å². The number of pyridine rings is 1. The van der Waals surface area contributed by atoms with Crippen molar-refractivity contribution in [1.82, 2.24) is 20.1 Å². The normalized spacial score (nSPS) is 17.8. The van der Waals surface area contributed by atoms with Crippen molar-refractivity contribution in [2.45, 2.75) is 25.3 Å². The lowest BCUT2D eigenvalue weighted by Gasteiger charge is -2.26. The van der Waals surface area contributed by atoms with Crippen molar-refractivity contribution < 1.29 is 9.59 Å². The second kappa shape index (κ2) is 8.26. The van der Waals surface area contributed by atoms with Crippen LogP contribution >= 0.6 is 11.6 Å². The van der Waals surface area contributed by atoms with Crippen molar-refractivity contribution in [3.05, 3.63) is 29.0 Å². The van der Waals surface area contributed by atoms with E-state index in [1.54, 1.807) is 12.1 Å². The van der Waals surface area contributed by atoms with Gasteiger partial charge >= 0.3 is 0 Å². The van der Waals surface area contributed by atoms with Gasteiger partial charge in [0.05, 0.1) is 5.02 Å². The number of likely N-dealkylation sites (tertiary alicyclic amines) is 1. The molecule has 1 atom stereocenters. The van der Waals surface area contributed by atoms with E-state index >= 15 is 0 Å². The zero-order valence-corrected chi connectivity index (χ0v) is 14.3. The van der Waals surface area contributed by atoms with Gasteiger partial charge in [0.1, 0.15) is 5.69 Å². The number of halogens is 1. The smallest absolute Gasteiger partial charge is 0.269 e. The molecule has 2 heterocycles. The van der Waals surface area contributed by atoms with Gasteiger partial charge < -0.3 is 15.1 Å². The molecule has 1 N–H and O–H groups in total. The highest BCUT2D eigenvalue weighted by Gasteiger charge is 2.30. The Kier molecular flexibility index (Phi) is 6.36. The maximum absolute atomic E-state index is 12.0. The van der Waals surface area contributed by atoms with Crippen LogP contribution in [0.1, 0.15) is 29.8 Å². The monoisotopic (exact) mass is 338 g/mol. The van der Waals surface area contributed by atoms with Crippen molar-refractivity contribution in [1.29, 1.82) is 0 Å². The van der Waals surface area contributed by atoms with Crippen molar-refractivity contribution in [3.8, 4) is 0 Å². The summed E-state index contributed by atoms with van der Waals surface area (Å²) >= 11 is 5.75. The largest absolute Gasteiger partial charge is 0.351 e. The molecule has 0 aromatic carbocycles. The number of hydrogen-bond donors (Lipinski definition) is 1. The lowest BCUT2D eigenvalue weighted by Crippen LogP contribution is -2.40. The van der Waals surface area contributed by atoms with E-state index < -0.39 is 0 Å². The number of nitrogens with zero attached hydrogens (tertiary/aromatic N) is 3. The molecule has 1 aromatic heterocycles. The number of rotatable bonds is 7. The highest BCUT2D eigenvalue weighted by Crippen LogP contribution is 2.20. The highest BCUT2D eigenvalue weighted by atomic mass is 35.5. The SMILES string of the molecule is CN(C)CCN1C(=O)CC[C@H]1CCNC(=O)c1ccc(Cl)cn1. The standard InChI is InChI=1S/C16H23ClN4O2/c1-20(2)9-10-21-13(4-6-15(21)22)7-8-18-16(23)14-5-3-12(17)11-19-14/h3,5,11,13H,4,6-10H2,1-2H3,(H,18,23)/t13-/m0/s1. The van der Waals surface area contributed by atoms with Crippen LogP contribution in [0, 0.1) is 0 Å². The van der Waals surface area contributed by atoms with Gasteiger partial charge in [-0.3, -0.25) is 9.59 Å². The minimum atomic E-state index is -0.217. The summed E-state index contributed by atoms with van der Waals surface area (Å²) in [5.41, 5.74) is 0.348. The van der Waals surface area contributed by atoms with Crippen LogP contribution in [0.5, 0.6) is 0 Å². The van der Waals surface area contributed by atoms with Crippen molar-refractivity contribution in [2.75, 3.05) is 33.7 Å². The van der Waals surface area contributed by atoms with E-state index in [1.165, 1.54) is 6.20 Å². The minimum Gasteiger partial charge on any atom is -0.351 e. The Morgan fingerprint density at radius 3 is 2.91 bits per heavy atom. The number of carbonyl (C=O) groups is 2. The third kappa shape index (κ3) is 5.18. The highest BCUT2D eigenvalue weighted by molar-refractivity contribution is 6.30. The number of carbonyl (C=O) groups excluding carboxylic acids is 2.